The molecule has 8 heteroatoms. The number of aryl methyl sites for hydroxylation is 4. The van der Waals surface area contributed by atoms with Gasteiger partial charge in [-0.2, -0.15) is 5.10 Å². The van der Waals surface area contributed by atoms with Crippen molar-refractivity contribution in [2.75, 3.05) is 32.1 Å². The van der Waals surface area contributed by atoms with Crippen LogP contribution in [-0.4, -0.2) is 52.8 Å². The van der Waals surface area contributed by atoms with Crippen LogP contribution in [0.4, 0.5) is 5.13 Å². The maximum absolute atomic E-state index is 13.4. The van der Waals surface area contributed by atoms with Gasteiger partial charge in [-0.1, -0.05) is 17.4 Å². The lowest BCUT2D eigenvalue weighted by molar-refractivity contribution is 0.0976. The summed E-state index contributed by atoms with van der Waals surface area (Å²) < 4.78 is 2.79. The highest BCUT2D eigenvalue weighted by molar-refractivity contribution is 7.22. The van der Waals surface area contributed by atoms with Gasteiger partial charge in [-0.05, 0) is 70.6 Å². The van der Waals surface area contributed by atoms with Crippen molar-refractivity contribution in [2.24, 2.45) is 7.05 Å². The van der Waals surface area contributed by atoms with E-state index in [2.05, 4.69) is 36.0 Å². The Morgan fingerprint density at radius 1 is 1.14 bits per heavy atom. The van der Waals surface area contributed by atoms with Crippen LogP contribution in [0.5, 0.6) is 0 Å². The number of hydrogen-bond donors (Lipinski definition) is 0. The summed E-state index contributed by atoms with van der Waals surface area (Å²) in [5.41, 5.74) is 4.84. The molecule has 0 radical (unpaired) electrons. The number of rotatable bonds is 6. The Labute approximate surface area is 176 Å². The van der Waals surface area contributed by atoms with E-state index in [1.54, 1.807) is 22.2 Å². The minimum Gasteiger partial charge on any atom is -0.309 e. The lowest BCUT2D eigenvalue weighted by atomic mass is 10.1. The van der Waals surface area contributed by atoms with Gasteiger partial charge in [0.2, 0.25) is 0 Å². The molecule has 0 saturated carbocycles. The molecule has 0 saturated heterocycles. The fourth-order valence-corrected chi connectivity index (χ4v) is 4.33. The van der Waals surface area contributed by atoms with Crippen LogP contribution in [-0.2, 0) is 7.05 Å². The number of carbonyl (C=O) groups excluding carboxylic acids is 1. The van der Waals surface area contributed by atoms with Crippen LogP contribution in [0.25, 0.3) is 10.2 Å². The quantitative estimate of drug-likeness (QED) is 0.604. The van der Waals surface area contributed by atoms with E-state index in [0.717, 1.165) is 33.9 Å². The number of nitrogens with zero attached hydrogens (tertiary/aromatic N) is 5. The van der Waals surface area contributed by atoms with Crippen molar-refractivity contribution >= 4 is 45.0 Å². The van der Waals surface area contributed by atoms with Gasteiger partial charge in [0.1, 0.15) is 5.69 Å². The fourth-order valence-electron chi connectivity index (χ4n) is 3.29. The molecule has 0 aliphatic carbocycles. The molecule has 0 aliphatic heterocycles. The Morgan fingerprint density at radius 2 is 1.86 bits per heavy atom. The SMILES string of the molecule is Cc1cc(C)c2sc(N(CCCN(C)C)C(=O)c3c(C)cnn3C)nc2c1.Cl. The average Bonchev–Trinajstić information content (AvgIpc) is 3.14. The second kappa shape index (κ2) is 9.03. The van der Waals surface area contributed by atoms with E-state index in [1.807, 2.05) is 33.0 Å². The zero-order chi connectivity index (χ0) is 19.7. The molecule has 0 unspecified atom stereocenters. The van der Waals surface area contributed by atoms with Gasteiger partial charge < -0.3 is 4.90 Å². The predicted octanol–water partition coefficient (Wildman–Crippen LogP) is 3.98. The summed E-state index contributed by atoms with van der Waals surface area (Å²) >= 11 is 1.59. The van der Waals surface area contributed by atoms with Gasteiger partial charge in [0.15, 0.2) is 5.13 Å². The molecule has 1 aromatic carbocycles. The van der Waals surface area contributed by atoms with Crippen molar-refractivity contribution in [1.82, 2.24) is 19.7 Å². The van der Waals surface area contributed by atoms with Gasteiger partial charge in [0.25, 0.3) is 5.91 Å². The minimum atomic E-state index is -0.0420. The smallest absolute Gasteiger partial charge is 0.278 e. The van der Waals surface area contributed by atoms with Gasteiger partial charge in [-0.15, -0.1) is 12.4 Å². The van der Waals surface area contributed by atoms with Crippen molar-refractivity contribution in [1.29, 1.82) is 0 Å². The normalized spacial score (nSPS) is 11.1. The molecule has 0 atom stereocenters. The van der Waals surface area contributed by atoms with Crippen LogP contribution in [0.1, 0.15) is 33.6 Å². The zero-order valence-electron chi connectivity index (χ0n) is 17.3. The summed E-state index contributed by atoms with van der Waals surface area (Å²) in [5, 5.41) is 4.99. The lowest BCUT2D eigenvalue weighted by Crippen LogP contribution is -2.35. The third-order valence-electron chi connectivity index (χ3n) is 4.60. The van der Waals surface area contributed by atoms with Gasteiger partial charge in [-0.3, -0.25) is 14.4 Å². The number of halogens is 1. The molecule has 1 amide bonds. The number of anilines is 1. The molecule has 0 fully saturated rings. The summed E-state index contributed by atoms with van der Waals surface area (Å²) in [7, 11) is 5.90. The second-order valence-electron chi connectivity index (χ2n) is 7.34. The van der Waals surface area contributed by atoms with E-state index in [9.17, 15) is 4.79 Å². The Bertz CT molecular complexity index is 959. The first-order valence-corrected chi connectivity index (χ1v) is 9.92. The molecule has 3 rings (SSSR count). The average molecular weight is 422 g/mol. The number of aromatic nitrogens is 3. The number of benzene rings is 1. The Morgan fingerprint density at radius 3 is 2.46 bits per heavy atom. The number of hydrogen-bond acceptors (Lipinski definition) is 5. The van der Waals surface area contributed by atoms with Crippen LogP contribution in [0.15, 0.2) is 18.3 Å². The summed E-state index contributed by atoms with van der Waals surface area (Å²) in [4.78, 5) is 22.1. The molecule has 0 N–H and O–H groups in total. The van der Waals surface area contributed by atoms with Gasteiger partial charge >= 0.3 is 0 Å². The highest BCUT2D eigenvalue weighted by atomic mass is 35.5. The van der Waals surface area contributed by atoms with Gasteiger partial charge in [0, 0.05) is 13.6 Å². The standard InChI is InChI=1S/C20H27N5OS.ClH/c1-13-10-14(2)18-16(11-13)22-20(27-18)25(9-7-8-23(4)5)19(26)17-15(3)12-21-24(17)6;/h10-12H,7-9H2,1-6H3;1H. The highest BCUT2D eigenvalue weighted by Gasteiger charge is 2.25. The summed E-state index contributed by atoms with van der Waals surface area (Å²) in [5.74, 6) is -0.0420. The Kier molecular flexibility index (Phi) is 7.20. The first-order chi connectivity index (χ1) is 12.8. The van der Waals surface area contributed by atoms with Crippen molar-refractivity contribution in [2.45, 2.75) is 27.2 Å². The van der Waals surface area contributed by atoms with Crippen LogP contribution in [0, 0.1) is 20.8 Å². The maximum Gasteiger partial charge on any atom is 0.278 e. The predicted molar refractivity (Wildman–Crippen MR) is 119 cm³/mol. The van der Waals surface area contributed by atoms with Crippen LogP contribution < -0.4 is 4.90 Å². The molecular formula is C20H28ClN5OS. The van der Waals surface area contributed by atoms with E-state index in [-0.39, 0.29) is 18.3 Å². The first-order valence-electron chi connectivity index (χ1n) is 9.11. The van der Waals surface area contributed by atoms with Crippen LogP contribution in [0.2, 0.25) is 0 Å². The van der Waals surface area contributed by atoms with E-state index >= 15 is 0 Å². The van der Waals surface area contributed by atoms with Gasteiger partial charge in [0.05, 0.1) is 16.4 Å². The molecule has 28 heavy (non-hydrogen) atoms. The molecule has 152 valence electrons. The second-order valence-corrected chi connectivity index (χ2v) is 8.32. The summed E-state index contributed by atoms with van der Waals surface area (Å²) in [6, 6.07) is 4.24. The van der Waals surface area contributed by atoms with Crippen molar-refractivity contribution in [3.05, 3.63) is 40.7 Å². The first kappa shape index (κ1) is 22.3. The number of fused-ring (bicyclic) bond motifs is 1. The molecule has 6 nitrogen and oxygen atoms in total. The van der Waals surface area contributed by atoms with E-state index < -0.39 is 0 Å². The Balaban J connectivity index is 0.00000280. The van der Waals surface area contributed by atoms with Crippen molar-refractivity contribution < 1.29 is 4.79 Å². The topological polar surface area (TPSA) is 54.3 Å². The molecule has 0 spiro atoms. The summed E-state index contributed by atoms with van der Waals surface area (Å²) in [6.07, 6.45) is 2.61. The third kappa shape index (κ3) is 4.54. The molecule has 0 bridgehead atoms. The lowest BCUT2D eigenvalue weighted by Gasteiger charge is -2.21. The van der Waals surface area contributed by atoms with E-state index in [1.165, 1.54) is 11.1 Å². The highest BCUT2D eigenvalue weighted by Crippen LogP contribution is 2.33. The van der Waals surface area contributed by atoms with E-state index in [4.69, 9.17) is 4.98 Å². The van der Waals surface area contributed by atoms with Crippen molar-refractivity contribution in [3.63, 3.8) is 0 Å². The molecular weight excluding hydrogens is 394 g/mol. The number of carbonyl (C=O) groups is 1. The van der Waals surface area contributed by atoms with Crippen LogP contribution >= 0.6 is 23.7 Å². The molecule has 2 aromatic heterocycles. The van der Waals surface area contributed by atoms with E-state index in [0.29, 0.717) is 12.2 Å². The Hall–Kier alpha value is -1.96. The molecule has 3 aromatic rings. The van der Waals surface area contributed by atoms with Gasteiger partial charge in [-0.25, -0.2) is 4.98 Å². The zero-order valence-corrected chi connectivity index (χ0v) is 18.9. The third-order valence-corrected chi connectivity index (χ3v) is 5.83. The fraction of sp³-hybridized carbons (Fsp3) is 0.450. The minimum absolute atomic E-state index is 0. The molecule has 2 heterocycles. The number of amides is 1. The number of thiazole rings is 1. The largest absolute Gasteiger partial charge is 0.309 e. The van der Waals surface area contributed by atoms with Crippen LogP contribution in [0.3, 0.4) is 0 Å². The van der Waals surface area contributed by atoms with Crippen molar-refractivity contribution in [3.8, 4) is 0 Å². The molecule has 0 aliphatic rings. The summed E-state index contributed by atoms with van der Waals surface area (Å²) in [6.45, 7) is 7.63. The monoisotopic (exact) mass is 421 g/mol. The maximum atomic E-state index is 13.4.